The van der Waals surface area contributed by atoms with E-state index in [4.69, 9.17) is 9.47 Å². The van der Waals surface area contributed by atoms with Crippen LogP contribution in [0, 0.1) is 5.92 Å². The molecule has 2 aliphatic heterocycles. The molecule has 1 unspecified atom stereocenters. The van der Waals surface area contributed by atoms with Gasteiger partial charge in [-0.1, -0.05) is 0 Å². The van der Waals surface area contributed by atoms with Crippen molar-refractivity contribution in [3.05, 3.63) is 18.2 Å². The summed E-state index contributed by atoms with van der Waals surface area (Å²) in [6.45, 7) is 3.47. The molecule has 2 heterocycles. The summed E-state index contributed by atoms with van der Waals surface area (Å²) in [5, 5.41) is 3.29. The topological polar surface area (TPSA) is 76.7 Å². The molecule has 122 valence electrons. The number of hydrogen-bond acceptors (Lipinski definition) is 5. The van der Waals surface area contributed by atoms with Crippen molar-refractivity contribution in [2.75, 3.05) is 32.8 Å². The van der Waals surface area contributed by atoms with Gasteiger partial charge in [0.25, 0.3) is 0 Å². The van der Waals surface area contributed by atoms with Crippen molar-refractivity contribution < 1.29 is 17.9 Å². The highest BCUT2D eigenvalue weighted by molar-refractivity contribution is 7.89. The molecule has 0 amide bonds. The van der Waals surface area contributed by atoms with Gasteiger partial charge in [0, 0.05) is 19.0 Å². The van der Waals surface area contributed by atoms with E-state index in [1.165, 1.54) is 0 Å². The van der Waals surface area contributed by atoms with Gasteiger partial charge in [-0.25, -0.2) is 13.1 Å². The quantitative estimate of drug-likeness (QED) is 0.867. The number of sulfonamides is 1. The van der Waals surface area contributed by atoms with E-state index in [0.29, 0.717) is 37.2 Å². The van der Waals surface area contributed by atoms with Crippen LogP contribution in [0.3, 0.4) is 0 Å². The van der Waals surface area contributed by atoms with E-state index < -0.39 is 10.0 Å². The molecule has 6 nitrogen and oxygen atoms in total. The Morgan fingerprint density at radius 1 is 1.18 bits per heavy atom. The van der Waals surface area contributed by atoms with Gasteiger partial charge in [0.15, 0.2) is 11.5 Å². The van der Waals surface area contributed by atoms with Crippen molar-refractivity contribution in [2.45, 2.75) is 24.2 Å². The third kappa shape index (κ3) is 3.71. The van der Waals surface area contributed by atoms with E-state index in [-0.39, 0.29) is 4.90 Å². The average molecular weight is 326 g/mol. The van der Waals surface area contributed by atoms with Crippen LogP contribution in [-0.4, -0.2) is 41.3 Å². The summed E-state index contributed by atoms with van der Waals surface area (Å²) in [7, 11) is -3.52. The van der Waals surface area contributed by atoms with Gasteiger partial charge in [-0.05, 0) is 44.0 Å². The SMILES string of the molecule is O=S(=O)(NCC1CCCNC1)c1ccc2c(c1)OCCCO2. The van der Waals surface area contributed by atoms with E-state index in [0.717, 1.165) is 32.4 Å². The van der Waals surface area contributed by atoms with Crippen LogP contribution in [0.25, 0.3) is 0 Å². The highest BCUT2D eigenvalue weighted by Gasteiger charge is 2.21. The van der Waals surface area contributed by atoms with E-state index in [9.17, 15) is 8.42 Å². The Morgan fingerprint density at radius 3 is 2.77 bits per heavy atom. The molecule has 0 aromatic heterocycles. The minimum Gasteiger partial charge on any atom is -0.490 e. The van der Waals surface area contributed by atoms with Gasteiger partial charge in [0.1, 0.15) is 0 Å². The summed E-state index contributed by atoms with van der Waals surface area (Å²) in [6.07, 6.45) is 2.94. The Bertz CT molecular complexity index is 612. The van der Waals surface area contributed by atoms with Crippen molar-refractivity contribution in [2.24, 2.45) is 5.92 Å². The minimum atomic E-state index is -3.52. The van der Waals surface area contributed by atoms with Crippen molar-refractivity contribution in [3.63, 3.8) is 0 Å². The van der Waals surface area contributed by atoms with Crippen LogP contribution in [0.2, 0.25) is 0 Å². The smallest absolute Gasteiger partial charge is 0.240 e. The molecule has 0 radical (unpaired) electrons. The van der Waals surface area contributed by atoms with Crippen LogP contribution in [0.5, 0.6) is 11.5 Å². The molecule has 2 aliphatic rings. The Morgan fingerprint density at radius 2 is 2.00 bits per heavy atom. The number of piperidine rings is 1. The van der Waals surface area contributed by atoms with Crippen LogP contribution >= 0.6 is 0 Å². The van der Waals surface area contributed by atoms with Gasteiger partial charge in [-0.2, -0.15) is 0 Å². The fourth-order valence-electron chi connectivity index (χ4n) is 2.72. The lowest BCUT2D eigenvalue weighted by atomic mass is 10.0. The van der Waals surface area contributed by atoms with E-state index in [1.54, 1.807) is 18.2 Å². The minimum absolute atomic E-state index is 0.223. The first-order chi connectivity index (χ1) is 10.6. The van der Waals surface area contributed by atoms with Crippen LogP contribution in [0.15, 0.2) is 23.1 Å². The molecule has 0 aliphatic carbocycles. The van der Waals surface area contributed by atoms with Crippen LogP contribution in [0.4, 0.5) is 0 Å². The van der Waals surface area contributed by atoms with E-state index >= 15 is 0 Å². The molecule has 7 heteroatoms. The van der Waals surface area contributed by atoms with Gasteiger partial charge in [-0.3, -0.25) is 0 Å². The Kier molecular flexibility index (Phi) is 4.85. The Balaban J connectivity index is 1.70. The third-order valence-electron chi connectivity index (χ3n) is 3.99. The maximum atomic E-state index is 12.4. The predicted molar refractivity (Wildman–Crippen MR) is 82.8 cm³/mol. The van der Waals surface area contributed by atoms with Crippen LogP contribution in [0.1, 0.15) is 19.3 Å². The normalized spacial score (nSPS) is 22.1. The molecule has 1 fully saturated rings. The number of fused-ring (bicyclic) bond motifs is 1. The highest BCUT2D eigenvalue weighted by atomic mass is 32.2. The summed E-state index contributed by atoms with van der Waals surface area (Å²) >= 11 is 0. The lowest BCUT2D eigenvalue weighted by Crippen LogP contribution is -2.38. The monoisotopic (exact) mass is 326 g/mol. The molecule has 0 spiro atoms. The molecule has 22 heavy (non-hydrogen) atoms. The summed E-state index contributed by atoms with van der Waals surface area (Å²) < 4.78 is 38.6. The fourth-order valence-corrected chi connectivity index (χ4v) is 3.85. The molecule has 1 atom stereocenters. The second-order valence-corrected chi connectivity index (χ2v) is 7.49. The van der Waals surface area contributed by atoms with Gasteiger partial charge in [0.2, 0.25) is 10.0 Å². The molecule has 0 saturated carbocycles. The first kappa shape index (κ1) is 15.6. The van der Waals surface area contributed by atoms with Gasteiger partial charge >= 0.3 is 0 Å². The average Bonchev–Trinajstić information content (AvgIpc) is 2.78. The lowest BCUT2D eigenvalue weighted by molar-refractivity contribution is 0.297. The zero-order valence-corrected chi connectivity index (χ0v) is 13.3. The van der Waals surface area contributed by atoms with Gasteiger partial charge in [0.05, 0.1) is 18.1 Å². The molecule has 1 aromatic rings. The van der Waals surface area contributed by atoms with Crippen molar-refractivity contribution in [1.29, 1.82) is 0 Å². The summed E-state index contributed by atoms with van der Waals surface area (Å²) in [5.74, 6) is 1.46. The highest BCUT2D eigenvalue weighted by Crippen LogP contribution is 2.31. The van der Waals surface area contributed by atoms with Crippen molar-refractivity contribution in [3.8, 4) is 11.5 Å². The molecule has 0 bridgehead atoms. The fraction of sp³-hybridized carbons (Fsp3) is 0.600. The first-order valence-electron chi connectivity index (χ1n) is 7.75. The summed E-state index contributed by atoms with van der Waals surface area (Å²) in [6, 6.07) is 4.77. The molecule has 2 N–H and O–H groups in total. The van der Waals surface area contributed by atoms with Gasteiger partial charge < -0.3 is 14.8 Å². The zero-order chi connectivity index (χ0) is 15.4. The van der Waals surface area contributed by atoms with Crippen molar-refractivity contribution >= 4 is 10.0 Å². The Hall–Kier alpha value is -1.31. The second kappa shape index (κ2) is 6.85. The van der Waals surface area contributed by atoms with E-state index in [1.807, 2.05) is 0 Å². The molecular formula is C15H22N2O4S. The molecular weight excluding hydrogens is 304 g/mol. The maximum absolute atomic E-state index is 12.4. The number of ether oxygens (including phenoxy) is 2. The van der Waals surface area contributed by atoms with Crippen LogP contribution < -0.4 is 19.5 Å². The molecule has 1 aromatic carbocycles. The zero-order valence-electron chi connectivity index (χ0n) is 12.5. The number of nitrogens with one attached hydrogen (secondary N) is 2. The maximum Gasteiger partial charge on any atom is 0.240 e. The summed E-state index contributed by atoms with van der Waals surface area (Å²) in [4.78, 5) is 0.223. The van der Waals surface area contributed by atoms with Gasteiger partial charge in [-0.15, -0.1) is 0 Å². The number of benzene rings is 1. The summed E-state index contributed by atoms with van der Waals surface area (Å²) in [5.41, 5.74) is 0. The second-order valence-electron chi connectivity index (χ2n) is 5.72. The number of hydrogen-bond donors (Lipinski definition) is 2. The lowest BCUT2D eigenvalue weighted by Gasteiger charge is -2.22. The number of rotatable bonds is 4. The predicted octanol–water partition coefficient (Wildman–Crippen LogP) is 1.13. The third-order valence-corrected chi connectivity index (χ3v) is 5.41. The molecule has 1 saturated heterocycles. The largest absolute Gasteiger partial charge is 0.490 e. The first-order valence-corrected chi connectivity index (χ1v) is 9.23. The standard InChI is InChI=1S/C15H22N2O4S/c18-22(19,17-11-12-3-1-6-16-10-12)13-4-5-14-15(9-13)21-8-2-7-20-14/h4-5,9,12,16-17H,1-3,6-8,10-11H2. The van der Waals surface area contributed by atoms with E-state index in [2.05, 4.69) is 10.0 Å². The molecule has 3 rings (SSSR count). The van der Waals surface area contributed by atoms with Crippen LogP contribution in [-0.2, 0) is 10.0 Å². The Labute approximate surface area is 131 Å². The van der Waals surface area contributed by atoms with Crippen molar-refractivity contribution in [1.82, 2.24) is 10.0 Å².